The molecule has 3 rings (SSSR count). The molecule has 2 unspecified atom stereocenters. The average molecular weight is 244 g/mol. The lowest BCUT2D eigenvalue weighted by molar-refractivity contribution is 0.0699. The van der Waals surface area contributed by atoms with Gasteiger partial charge in [0.25, 0.3) is 0 Å². The van der Waals surface area contributed by atoms with Crippen molar-refractivity contribution in [1.82, 2.24) is 9.55 Å². The lowest BCUT2D eigenvalue weighted by Gasteiger charge is -2.05. The number of aromatic nitrogens is 2. The van der Waals surface area contributed by atoms with E-state index < -0.39 is 5.97 Å². The van der Waals surface area contributed by atoms with Gasteiger partial charge in [-0.25, -0.2) is 9.78 Å². The van der Waals surface area contributed by atoms with Crippen LogP contribution in [0, 0.1) is 18.8 Å². The van der Waals surface area contributed by atoms with Gasteiger partial charge < -0.3 is 9.67 Å². The van der Waals surface area contributed by atoms with E-state index in [1.165, 1.54) is 6.42 Å². The molecule has 0 spiro atoms. The normalized spacial score (nSPS) is 22.3. The van der Waals surface area contributed by atoms with E-state index in [0.717, 1.165) is 29.7 Å². The molecule has 94 valence electrons. The number of carboxylic acids is 1. The molecule has 1 aromatic carbocycles. The first kappa shape index (κ1) is 11.3. The van der Waals surface area contributed by atoms with Crippen molar-refractivity contribution in [2.24, 2.45) is 11.8 Å². The Bertz CT molecular complexity index is 630. The average Bonchev–Trinajstić information content (AvgIpc) is 2.92. The molecule has 4 heteroatoms. The first-order valence-corrected chi connectivity index (χ1v) is 6.27. The topological polar surface area (TPSA) is 55.1 Å². The predicted octanol–water partition coefficient (Wildman–Crippen LogP) is 2.70. The van der Waals surface area contributed by atoms with Gasteiger partial charge in [-0.2, -0.15) is 0 Å². The molecule has 0 radical (unpaired) electrons. The number of imidazole rings is 1. The number of nitrogens with zero attached hydrogens (tertiary/aromatic N) is 2. The Morgan fingerprint density at radius 1 is 1.56 bits per heavy atom. The van der Waals surface area contributed by atoms with Crippen molar-refractivity contribution in [3.63, 3.8) is 0 Å². The van der Waals surface area contributed by atoms with Crippen molar-refractivity contribution in [3.05, 3.63) is 29.6 Å². The second-order valence-corrected chi connectivity index (χ2v) is 5.22. The minimum absolute atomic E-state index is 0.290. The highest BCUT2D eigenvalue weighted by molar-refractivity contribution is 6.01. The van der Waals surface area contributed by atoms with E-state index in [-0.39, 0.29) is 5.56 Å². The van der Waals surface area contributed by atoms with E-state index in [0.29, 0.717) is 5.52 Å². The minimum Gasteiger partial charge on any atom is -0.478 e. The van der Waals surface area contributed by atoms with Gasteiger partial charge in [0.05, 0.1) is 11.1 Å². The van der Waals surface area contributed by atoms with E-state index >= 15 is 0 Å². The third-order valence-corrected chi connectivity index (χ3v) is 3.89. The molecule has 1 aromatic heterocycles. The van der Waals surface area contributed by atoms with E-state index in [2.05, 4.69) is 16.5 Å². The lowest BCUT2D eigenvalue weighted by atomic mass is 10.2. The second-order valence-electron chi connectivity index (χ2n) is 5.22. The maximum atomic E-state index is 11.2. The summed E-state index contributed by atoms with van der Waals surface area (Å²) in [6.07, 6.45) is 1.26. The fourth-order valence-electron chi connectivity index (χ4n) is 2.55. The fraction of sp³-hybridized carbons (Fsp3) is 0.429. The number of rotatable bonds is 3. The molecule has 4 nitrogen and oxygen atoms in total. The van der Waals surface area contributed by atoms with Gasteiger partial charge in [0.1, 0.15) is 11.3 Å². The van der Waals surface area contributed by atoms with Crippen molar-refractivity contribution >= 4 is 17.0 Å². The van der Waals surface area contributed by atoms with E-state index in [4.69, 9.17) is 0 Å². The molecule has 1 saturated carbocycles. The van der Waals surface area contributed by atoms with Crippen LogP contribution in [0.5, 0.6) is 0 Å². The van der Waals surface area contributed by atoms with Gasteiger partial charge in [-0.15, -0.1) is 0 Å². The van der Waals surface area contributed by atoms with Crippen molar-refractivity contribution in [3.8, 4) is 0 Å². The molecule has 1 heterocycles. The SMILES string of the molecule is Cc1nc2c(C(=O)O)cccc2n1CC1CC1C. The van der Waals surface area contributed by atoms with Crippen LogP contribution in [0.1, 0.15) is 29.5 Å². The first-order valence-electron chi connectivity index (χ1n) is 6.27. The Morgan fingerprint density at radius 2 is 2.28 bits per heavy atom. The monoisotopic (exact) mass is 244 g/mol. The fourth-order valence-corrected chi connectivity index (χ4v) is 2.55. The summed E-state index contributed by atoms with van der Waals surface area (Å²) in [7, 11) is 0. The maximum absolute atomic E-state index is 11.2. The van der Waals surface area contributed by atoms with Crippen LogP contribution in [0.15, 0.2) is 18.2 Å². The largest absolute Gasteiger partial charge is 0.478 e. The third-order valence-electron chi connectivity index (χ3n) is 3.89. The molecule has 18 heavy (non-hydrogen) atoms. The zero-order valence-electron chi connectivity index (χ0n) is 10.6. The molecule has 1 fully saturated rings. The highest BCUT2D eigenvalue weighted by Crippen LogP contribution is 2.39. The zero-order valence-corrected chi connectivity index (χ0v) is 10.6. The van der Waals surface area contributed by atoms with Crippen molar-refractivity contribution in [2.75, 3.05) is 0 Å². The van der Waals surface area contributed by atoms with Crippen LogP contribution in [0.2, 0.25) is 0 Å². The highest BCUT2D eigenvalue weighted by atomic mass is 16.4. The second kappa shape index (κ2) is 3.83. The Morgan fingerprint density at radius 3 is 2.89 bits per heavy atom. The van der Waals surface area contributed by atoms with Crippen LogP contribution in [0.3, 0.4) is 0 Å². The first-order chi connectivity index (χ1) is 8.58. The molecule has 0 bridgehead atoms. The Kier molecular flexibility index (Phi) is 2.40. The molecule has 1 aliphatic rings. The molecule has 0 saturated heterocycles. The summed E-state index contributed by atoms with van der Waals surface area (Å²) in [5.74, 6) is 1.49. The molecule has 2 atom stereocenters. The smallest absolute Gasteiger partial charge is 0.337 e. The Labute approximate surface area is 105 Å². The summed E-state index contributed by atoms with van der Waals surface area (Å²) in [6, 6.07) is 5.36. The number of fused-ring (bicyclic) bond motifs is 1. The van der Waals surface area contributed by atoms with Gasteiger partial charge in [0.15, 0.2) is 0 Å². The van der Waals surface area contributed by atoms with Crippen molar-refractivity contribution in [1.29, 1.82) is 0 Å². The van der Waals surface area contributed by atoms with Gasteiger partial charge in [-0.1, -0.05) is 13.0 Å². The van der Waals surface area contributed by atoms with Crippen LogP contribution in [-0.2, 0) is 6.54 Å². The summed E-state index contributed by atoms with van der Waals surface area (Å²) in [5.41, 5.74) is 1.83. The van der Waals surface area contributed by atoms with Crippen LogP contribution < -0.4 is 0 Å². The predicted molar refractivity (Wildman–Crippen MR) is 68.7 cm³/mol. The number of hydrogen-bond acceptors (Lipinski definition) is 2. The van der Waals surface area contributed by atoms with Crippen LogP contribution in [0.4, 0.5) is 0 Å². The van der Waals surface area contributed by atoms with Crippen molar-refractivity contribution < 1.29 is 9.90 Å². The standard InChI is InChI=1S/C14H16N2O2/c1-8-6-10(8)7-16-9(2)15-13-11(14(17)18)4-3-5-12(13)16/h3-5,8,10H,6-7H2,1-2H3,(H,17,18). The van der Waals surface area contributed by atoms with Gasteiger partial charge in [-0.05, 0) is 37.3 Å². The zero-order chi connectivity index (χ0) is 12.9. The summed E-state index contributed by atoms with van der Waals surface area (Å²) in [5, 5.41) is 9.17. The Hall–Kier alpha value is -1.84. The summed E-state index contributed by atoms with van der Waals surface area (Å²) < 4.78 is 2.15. The molecule has 2 aromatic rings. The van der Waals surface area contributed by atoms with Gasteiger partial charge in [0, 0.05) is 6.54 Å². The van der Waals surface area contributed by atoms with Crippen molar-refractivity contribution in [2.45, 2.75) is 26.8 Å². The minimum atomic E-state index is -0.912. The number of carboxylic acid groups (broad SMARTS) is 1. The van der Waals surface area contributed by atoms with Crippen LogP contribution in [0.25, 0.3) is 11.0 Å². The summed E-state index contributed by atoms with van der Waals surface area (Å²) in [6.45, 7) is 5.15. The quantitative estimate of drug-likeness (QED) is 0.903. The number of aryl methyl sites for hydroxylation is 1. The number of benzene rings is 1. The lowest BCUT2D eigenvalue weighted by Crippen LogP contribution is -2.03. The molecule has 1 aliphatic carbocycles. The summed E-state index contributed by atoms with van der Waals surface area (Å²) >= 11 is 0. The molecular weight excluding hydrogens is 228 g/mol. The molecule has 1 N–H and O–H groups in total. The third kappa shape index (κ3) is 1.68. The van der Waals surface area contributed by atoms with E-state index in [1.807, 2.05) is 13.0 Å². The molecule has 0 amide bonds. The van der Waals surface area contributed by atoms with E-state index in [1.54, 1.807) is 12.1 Å². The van der Waals surface area contributed by atoms with Gasteiger partial charge >= 0.3 is 5.97 Å². The summed E-state index contributed by atoms with van der Waals surface area (Å²) in [4.78, 5) is 15.6. The Balaban J connectivity index is 2.11. The number of aromatic carboxylic acids is 1. The van der Waals surface area contributed by atoms with E-state index in [9.17, 15) is 9.90 Å². The van der Waals surface area contributed by atoms with Crippen LogP contribution in [-0.4, -0.2) is 20.6 Å². The number of para-hydroxylation sites is 1. The number of carbonyl (C=O) groups is 1. The van der Waals surface area contributed by atoms with Gasteiger partial charge in [0.2, 0.25) is 0 Å². The number of hydrogen-bond donors (Lipinski definition) is 1. The molecule has 0 aliphatic heterocycles. The van der Waals surface area contributed by atoms with Crippen LogP contribution >= 0.6 is 0 Å². The van der Waals surface area contributed by atoms with Gasteiger partial charge in [-0.3, -0.25) is 0 Å². The maximum Gasteiger partial charge on any atom is 0.337 e. The molecular formula is C14H16N2O2. The highest BCUT2D eigenvalue weighted by Gasteiger charge is 2.33.